The van der Waals surface area contributed by atoms with Gasteiger partial charge in [-0.3, -0.25) is 4.79 Å². The van der Waals surface area contributed by atoms with Gasteiger partial charge in [0.2, 0.25) is 5.91 Å². The van der Waals surface area contributed by atoms with E-state index in [9.17, 15) is 4.79 Å². The summed E-state index contributed by atoms with van der Waals surface area (Å²) < 4.78 is 10.3. The van der Waals surface area contributed by atoms with Crippen LogP contribution in [-0.2, 0) is 11.2 Å². The highest BCUT2D eigenvalue weighted by Gasteiger charge is 2.09. The van der Waals surface area contributed by atoms with Crippen LogP contribution in [0.25, 0.3) is 0 Å². The Morgan fingerprint density at radius 2 is 1.95 bits per heavy atom. The number of rotatable bonds is 5. The van der Waals surface area contributed by atoms with Crippen LogP contribution in [0.3, 0.4) is 0 Å². The summed E-state index contributed by atoms with van der Waals surface area (Å²) in [5, 5.41) is 2.80. The van der Waals surface area contributed by atoms with Gasteiger partial charge in [-0.25, -0.2) is 0 Å². The van der Waals surface area contributed by atoms with E-state index in [-0.39, 0.29) is 12.3 Å². The predicted molar refractivity (Wildman–Crippen MR) is 82.7 cm³/mol. The molecule has 2 aromatic rings. The van der Waals surface area contributed by atoms with Crippen LogP contribution in [0.2, 0.25) is 0 Å². The highest BCUT2D eigenvalue weighted by atomic mass is 16.5. The lowest BCUT2D eigenvalue weighted by Crippen LogP contribution is -2.15. The fraction of sp³-hybridized carbons (Fsp3) is 0.188. The second kappa shape index (κ2) is 6.65. The Bertz CT molecular complexity index is 641. The van der Waals surface area contributed by atoms with Crippen LogP contribution in [0.1, 0.15) is 5.56 Å². The van der Waals surface area contributed by atoms with Crippen LogP contribution in [-0.4, -0.2) is 20.1 Å². The maximum Gasteiger partial charge on any atom is 0.228 e. The molecule has 0 aliphatic heterocycles. The van der Waals surface area contributed by atoms with E-state index in [2.05, 4.69) is 5.32 Å². The van der Waals surface area contributed by atoms with Crippen molar-refractivity contribution in [2.45, 2.75) is 6.42 Å². The molecule has 0 bridgehead atoms. The molecule has 2 rings (SSSR count). The molecule has 110 valence electrons. The van der Waals surface area contributed by atoms with Gasteiger partial charge in [-0.2, -0.15) is 0 Å². The van der Waals surface area contributed by atoms with Crippen molar-refractivity contribution in [2.24, 2.45) is 0 Å². The lowest BCUT2D eigenvalue weighted by atomic mass is 10.1. The predicted octanol–water partition coefficient (Wildman–Crippen LogP) is 2.47. The molecule has 0 spiro atoms. The summed E-state index contributed by atoms with van der Waals surface area (Å²) in [6.45, 7) is 0. The van der Waals surface area contributed by atoms with Gasteiger partial charge in [-0.05, 0) is 35.9 Å². The smallest absolute Gasteiger partial charge is 0.228 e. The largest absolute Gasteiger partial charge is 0.497 e. The van der Waals surface area contributed by atoms with Gasteiger partial charge in [0.1, 0.15) is 11.5 Å². The molecule has 0 fully saturated rings. The standard InChI is InChI=1S/C16H18N2O3/c1-20-13-5-3-4-11(8-13)9-16(19)18-14-10-12(17)6-7-15(14)21-2/h3-8,10H,9,17H2,1-2H3,(H,18,19). The first-order valence-electron chi connectivity index (χ1n) is 6.48. The topological polar surface area (TPSA) is 73.6 Å². The van der Waals surface area contributed by atoms with Crippen molar-refractivity contribution in [3.8, 4) is 11.5 Å². The maximum absolute atomic E-state index is 12.1. The van der Waals surface area contributed by atoms with Gasteiger partial charge in [-0.1, -0.05) is 12.1 Å². The molecule has 0 atom stereocenters. The number of ether oxygens (including phenoxy) is 2. The minimum Gasteiger partial charge on any atom is -0.497 e. The summed E-state index contributed by atoms with van der Waals surface area (Å²) in [4.78, 5) is 12.1. The Morgan fingerprint density at radius 1 is 1.14 bits per heavy atom. The van der Waals surface area contributed by atoms with Gasteiger partial charge in [0.15, 0.2) is 0 Å². The number of benzene rings is 2. The number of nitrogen functional groups attached to an aromatic ring is 1. The number of nitrogens with two attached hydrogens (primary N) is 1. The molecule has 21 heavy (non-hydrogen) atoms. The number of amides is 1. The minimum atomic E-state index is -0.146. The molecule has 0 saturated heterocycles. The van der Waals surface area contributed by atoms with Crippen molar-refractivity contribution < 1.29 is 14.3 Å². The Hall–Kier alpha value is -2.69. The van der Waals surface area contributed by atoms with Gasteiger partial charge in [-0.15, -0.1) is 0 Å². The van der Waals surface area contributed by atoms with Crippen LogP contribution in [0.4, 0.5) is 11.4 Å². The lowest BCUT2D eigenvalue weighted by Gasteiger charge is -2.11. The van der Waals surface area contributed by atoms with Crippen LogP contribution >= 0.6 is 0 Å². The molecule has 0 aromatic heterocycles. The molecule has 5 nitrogen and oxygen atoms in total. The summed E-state index contributed by atoms with van der Waals surface area (Å²) in [5.74, 6) is 1.15. The van der Waals surface area contributed by atoms with E-state index in [0.717, 1.165) is 11.3 Å². The zero-order valence-corrected chi connectivity index (χ0v) is 12.1. The average Bonchev–Trinajstić information content (AvgIpc) is 2.47. The summed E-state index contributed by atoms with van der Waals surface area (Å²) in [6, 6.07) is 12.5. The number of nitrogens with one attached hydrogen (secondary N) is 1. The number of anilines is 2. The normalized spacial score (nSPS) is 10.0. The number of hydrogen-bond acceptors (Lipinski definition) is 4. The molecule has 0 saturated carbocycles. The summed E-state index contributed by atoms with van der Waals surface area (Å²) in [7, 11) is 3.14. The zero-order chi connectivity index (χ0) is 15.2. The van der Waals surface area contributed by atoms with E-state index < -0.39 is 0 Å². The molecule has 5 heteroatoms. The maximum atomic E-state index is 12.1. The number of carbonyl (C=O) groups excluding carboxylic acids is 1. The molecule has 0 radical (unpaired) electrons. The van der Waals surface area contributed by atoms with Gasteiger partial charge >= 0.3 is 0 Å². The van der Waals surface area contributed by atoms with Crippen molar-refractivity contribution in [1.82, 2.24) is 0 Å². The first-order chi connectivity index (χ1) is 10.1. The fourth-order valence-electron chi connectivity index (χ4n) is 1.99. The molecular weight excluding hydrogens is 268 g/mol. The summed E-state index contributed by atoms with van der Waals surface area (Å²) >= 11 is 0. The molecule has 1 amide bonds. The van der Waals surface area contributed by atoms with Gasteiger partial charge < -0.3 is 20.5 Å². The SMILES string of the molecule is COc1cccc(CC(=O)Nc2cc(N)ccc2OC)c1. The second-order valence-electron chi connectivity index (χ2n) is 4.54. The van der Waals surface area contributed by atoms with Crippen LogP contribution in [0.5, 0.6) is 11.5 Å². The summed E-state index contributed by atoms with van der Waals surface area (Å²) in [6.07, 6.45) is 0.245. The molecule has 0 heterocycles. The summed E-state index contributed by atoms with van der Waals surface area (Å²) in [5.41, 5.74) is 7.72. The van der Waals surface area contributed by atoms with Gasteiger partial charge in [0, 0.05) is 5.69 Å². The van der Waals surface area contributed by atoms with E-state index in [1.54, 1.807) is 32.4 Å². The molecule has 0 aliphatic carbocycles. The number of methoxy groups -OCH3 is 2. The van der Waals surface area contributed by atoms with E-state index >= 15 is 0 Å². The van der Waals surface area contributed by atoms with Gasteiger partial charge in [0.05, 0.1) is 26.3 Å². The first-order valence-corrected chi connectivity index (χ1v) is 6.48. The average molecular weight is 286 g/mol. The Kier molecular flexibility index (Phi) is 4.66. The highest BCUT2D eigenvalue weighted by molar-refractivity contribution is 5.94. The fourth-order valence-corrected chi connectivity index (χ4v) is 1.99. The Balaban J connectivity index is 2.09. The second-order valence-corrected chi connectivity index (χ2v) is 4.54. The third kappa shape index (κ3) is 3.89. The van der Waals surface area contributed by atoms with Crippen LogP contribution in [0, 0.1) is 0 Å². The monoisotopic (exact) mass is 286 g/mol. The Labute approximate surface area is 123 Å². The molecule has 0 aliphatic rings. The quantitative estimate of drug-likeness (QED) is 0.828. The first kappa shape index (κ1) is 14.7. The number of carbonyl (C=O) groups is 1. The highest BCUT2D eigenvalue weighted by Crippen LogP contribution is 2.26. The van der Waals surface area contributed by atoms with Crippen molar-refractivity contribution in [3.05, 3.63) is 48.0 Å². The van der Waals surface area contributed by atoms with E-state index in [1.807, 2.05) is 24.3 Å². The third-order valence-corrected chi connectivity index (χ3v) is 3.00. The van der Waals surface area contributed by atoms with Crippen molar-refractivity contribution in [1.29, 1.82) is 0 Å². The van der Waals surface area contributed by atoms with E-state index in [0.29, 0.717) is 17.1 Å². The molecular formula is C16H18N2O3. The number of hydrogen-bond donors (Lipinski definition) is 2. The van der Waals surface area contributed by atoms with Crippen LogP contribution in [0.15, 0.2) is 42.5 Å². The van der Waals surface area contributed by atoms with Crippen molar-refractivity contribution in [3.63, 3.8) is 0 Å². The molecule has 2 aromatic carbocycles. The van der Waals surface area contributed by atoms with Crippen LogP contribution < -0.4 is 20.5 Å². The van der Waals surface area contributed by atoms with Gasteiger partial charge in [0.25, 0.3) is 0 Å². The van der Waals surface area contributed by atoms with Crippen molar-refractivity contribution in [2.75, 3.05) is 25.3 Å². The Morgan fingerprint density at radius 3 is 2.67 bits per heavy atom. The van der Waals surface area contributed by atoms with Crippen molar-refractivity contribution >= 4 is 17.3 Å². The minimum absolute atomic E-state index is 0.146. The lowest BCUT2D eigenvalue weighted by molar-refractivity contribution is -0.115. The zero-order valence-electron chi connectivity index (χ0n) is 12.1. The third-order valence-electron chi connectivity index (χ3n) is 3.00. The van der Waals surface area contributed by atoms with E-state index in [4.69, 9.17) is 15.2 Å². The van der Waals surface area contributed by atoms with E-state index in [1.165, 1.54) is 0 Å². The molecule has 3 N–H and O–H groups in total. The molecule has 0 unspecified atom stereocenters.